The summed E-state index contributed by atoms with van der Waals surface area (Å²) in [6, 6.07) is 17.8. The predicted molar refractivity (Wildman–Crippen MR) is 94.9 cm³/mol. The van der Waals surface area contributed by atoms with E-state index >= 15 is 0 Å². The summed E-state index contributed by atoms with van der Waals surface area (Å²) in [4.78, 5) is 0. The molecule has 0 radical (unpaired) electrons. The average molecular weight is 323 g/mol. The lowest BCUT2D eigenvalue weighted by molar-refractivity contribution is 0.414. The molecule has 5 nitrogen and oxygen atoms in total. The molecule has 1 heterocycles. The number of ether oxygens (including phenoxy) is 2. The fraction of sp³-hybridized carbons (Fsp3) is 0.211. The van der Waals surface area contributed by atoms with Crippen LogP contribution < -0.4 is 15.2 Å². The first-order chi connectivity index (χ1) is 11.8. The summed E-state index contributed by atoms with van der Waals surface area (Å²) in [7, 11) is 3.33. The maximum atomic E-state index is 5.70. The lowest BCUT2D eigenvalue weighted by atomic mass is 10.1. The molecule has 0 saturated carbocycles. The van der Waals surface area contributed by atoms with Crippen LogP contribution >= 0.6 is 0 Å². The van der Waals surface area contributed by atoms with E-state index in [1.165, 1.54) is 0 Å². The molecular weight excluding hydrogens is 302 g/mol. The molecule has 0 bridgehead atoms. The highest BCUT2D eigenvalue weighted by atomic mass is 16.5. The van der Waals surface area contributed by atoms with Crippen LogP contribution in [0.2, 0.25) is 0 Å². The van der Waals surface area contributed by atoms with E-state index in [4.69, 9.17) is 20.3 Å². The van der Waals surface area contributed by atoms with E-state index in [-0.39, 0.29) is 0 Å². The van der Waals surface area contributed by atoms with Crippen molar-refractivity contribution in [3.63, 3.8) is 0 Å². The van der Waals surface area contributed by atoms with Crippen molar-refractivity contribution in [1.29, 1.82) is 0 Å². The zero-order chi connectivity index (χ0) is 16.9. The number of nitrogens with zero attached hydrogens (tertiary/aromatic N) is 2. The van der Waals surface area contributed by atoms with Gasteiger partial charge in [-0.05, 0) is 49.0 Å². The molecule has 0 fully saturated rings. The second-order valence-electron chi connectivity index (χ2n) is 5.37. The monoisotopic (exact) mass is 323 g/mol. The summed E-state index contributed by atoms with van der Waals surface area (Å²) >= 11 is 0. The van der Waals surface area contributed by atoms with E-state index in [1.807, 2.05) is 53.2 Å². The van der Waals surface area contributed by atoms with Gasteiger partial charge in [0.25, 0.3) is 0 Å². The number of rotatable bonds is 6. The smallest absolute Gasteiger partial charge is 0.128 e. The topological polar surface area (TPSA) is 62.3 Å². The third-order valence-electron chi connectivity index (χ3n) is 3.86. The first-order valence-electron chi connectivity index (χ1n) is 7.83. The molecule has 0 aliphatic carbocycles. The second-order valence-corrected chi connectivity index (χ2v) is 5.37. The first-order valence-corrected chi connectivity index (χ1v) is 7.83. The highest BCUT2D eigenvalue weighted by Gasteiger charge is 2.15. The number of para-hydroxylation sites is 1. The van der Waals surface area contributed by atoms with Gasteiger partial charge in [0.2, 0.25) is 0 Å². The Bertz CT molecular complexity index is 810. The molecule has 1 aromatic heterocycles. The SMILES string of the molecule is COc1ccc(-n2nc(CCN)cc2-c2ccccc2OC)cc1. The van der Waals surface area contributed by atoms with Crippen LogP contribution in [-0.2, 0) is 6.42 Å². The quantitative estimate of drug-likeness (QED) is 0.757. The van der Waals surface area contributed by atoms with E-state index in [2.05, 4.69) is 6.07 Å². The molecule has 0 aliphatic rings. The van der Waals surface area contributed by atoms with Crippen molar-refractivity contribution in [3.8, 4) is 28.4 Å². The summed E-state index contributed by atoms with van der Waals surface area (Å²) in [5.41, 5.74) is 9.58. The van der Waals surface area contributed by atoms with Crippen molar-refractivity contribution in [2.45, 2.75) is 6.42 Å². The van der Waals surface area contributed by atoms with Crippen molar-refractivity contribution in [3.05, 3.63) is 60.3 Å². The first kappa shape index (κ1) is 16.1. The number of hydrogen-bond donors (Lipinski definition) is 1. The van der Waals surface area contributed by atoms with Crippen LogP contribution in [-0.4, -0.2) is 30.5 Å². The van der Waals surface area contributed by atoms with E-state index in [0.717, 1.165) is 40.6 Å². The number of methoxy groups -OCH3 is 2. The largest absolute Gasteiger partial charge is 0.497 e. The Balaban J connectivity index is 2.13. The molecule has 2 N–H and O–H groups in total. The fourth-order valence-electron chi connectivity index (χ4n) is 2.67. The van der Waals surface area contributed by atoms with Crippen LogP contribution in [0, 0.1) is 0 Å². The summed E-state index contributed by atoms with van der Waals surface area (Å²) in [6.07, 6.45) is 0.727. The second kappa shape index (κ2) is 7.19. The molecular formula is C19H21N3O2. The van der Waals surface area contributed by atoms with Gasteiger partial charge in [0.05, 0.1) is 31.3 Å². The zero-order valence-corrected chi connectivity index (χ0v) is 13.9. The van der Waals surface area contributed by atoms with Gasteiger partial charge >= 0.3 is 0 Å². The summed E-state index contributed by atoms with van der Waals surface area (Å²) in [5.74, 6) is 1.62. The molecule has 0 aliphatic heterocycles. The molecule has 0 unspecified atom stereocenters. The molecule has 0 amide bonds. The fourth-order valence-corrected chi connectivity index (χ4v) is 2.67. The van der Waals surface area contributed by atoms with Gasteiger partial charge in [-0.25, -0.2) is 4.68 Å². The van der Waals surface area contributed by atoms with Crippen LogP contribution in [0.5, 0.6) is 11.5 Å². The van der Waals surface area contributed by atoms with Gasteiger partial charge in [0.1, 0.15) is 11.5 Å². The molecule has 3 rings (SSSR count). The Morgan fingerprint density at radius 1 is 1.00 bits per heavy atom. The Labute approximate surface area is 141 Å². The summed E-state index contributed by atoms with van der Waals surface area (Å²) in [5, 5.41) is 4.72. The minimum atomic E-state index is 0.561. The Morgan fingerprint density at radius 2 is 1.75 bits per heavy atom. The maximum absolute atomic E-state index is 5.70. The normalized spacial score (nSPS) is 10.6. The summed E-state index contributed by atoms with van der Waals surface area (Å²) in [6.45, 7) is 0.561. The summed E-state index contributed by atoms with van der Waals surface area (Å²) < 4.78 is 12.7. The number of nitrogens with two attached hydrogens (primary N) is 1. The third kappa shape index (κ3) is 3.12. The lowest BCUT2D eigenvalue weighted by Gasteiger charge is -2.11. The van der Waals surface area contributed by atoms with Gasteiger partial charge in [-0.1, -0.05) is 12.1 Å². The molecule has 124 valence electrons. The van der Waals surface area contributed by atoms with Crippen LogP contribution in [0.25, 0.3) is 16.9 Å². The molecule has 0 saturated heterocycles. The van der Waals surface area contributed by atoms with E-state index in [1.54, 1.807) is 14.2 Å². The number of benzene rings is 2. The van der Waals surface area contributed by atoms with Gasteiger partial charge < -0.3 is 15.2 Å². The van der Waals surface area contributed by atoms with Crippen LogP contribution in [0.15, 0.2) is 54.6 Å². The van der Waals surface area contributed by atoms with Crippen LogP contribution in [0.3, 0.4) is 0 Å². The highest BCUT2D eigenvalue weighted by molar-refractivity contribution is 5.69. The number of aromatic nitrogens is 2. The van der Waals surface area contributed by atoms with Gasteiger partial charge in [0.15, 0.2) is 0 Å². The predicted octanol–water partition coefficient (Wildman–Crippen LogP) is 3.06. The average Bonchev–Trinajstić information content (AvgIpc) is 3.06. The van der Waals surface area contributed by atoms with Gasteiger partial charge in [-0.15, -0.1) is 0 Å². The molecule has 3 aromatic rings. The van der Waals surface area contributed by atoms with Gasteiger partial charge in [-0.3, -0.25) is 0 Å². The Hall–Kier alpha value is -2.79. The van der Waals surface area contributed by atoms with Crippen molar-refractivity contribution in [1.82, 2.24) is 9.78 Å². The van der Waals surface area contributed by atoms with Gasteiger partial charge in [0, 0.05) is 12.0 Å². The minimum absolute atomic E-state index is 0.561. The van der Waals surface area contributed by atoms with Crippen molar-refractivity contribution >= 4 is 0 Å². The van der Waals surface area contributed by atoms with Crippen molar-refractivity contribution in [2.24, 2.45) is 5.73 Å². The minimum Gasteiger partial charge on any atom is -0.497 e. The Morgan fingerprint density at radius 3 is 2.42 bits per heavy atom. The number of hydrogen-bond acceptors (Lipinski definition) is 4. The molecule has 0 spiro atoms. The van der Waals surface area contributed by atoms with Crippen LogP contribution in [0.4, 0.5) is 0 Å². The van der Waals surface area contributed by atoms with Crippen LogP contribution in [0.1, 0.15) is 5.69 Å². The molecule has 2 aromatic carbocycles. The zero-order valence-electron chi connectivity index (χ0n) is 13.9. The van der Waals surface area contributed by atoms with E-state index in [9.17, 15) is 0 Å². The maximum Gasteiger partial charge on any atom is 0.128 e. The van der Waals surface area contributed by atoms with Gasteiger partial charge in [-0.2, -0.15) is 5.10 Å². The standard InChI is InChI=1S/C19H21N3O2/c1-23-16-9-7-15(8-10-16)22-18(13-14(21-22)11-12-20)17-5-3-4-6-19(17)24-2/h3-10,13H,11-12,20H2,1-2H3. The molecule has 24 heavy (non-hydrogen) atoms. The van der Waals surface area contributed by atoms with Crippen molar-refractivity contribution in [2.75, 3.05) is 20.8 Å². The third-order valence-corrected chi connectivity index (χ3v) is 3.86. The molecule has 5 heteroatoms. The lowest BCUT2D eigenvalue weighted by Crippen LogP contribution is -2.04. The van der Waals surface area contributed by atoms with E-state index < -0.39 is 0 Å². The van der Waals surface area contributed by atoms with Crippen molar-refractivity contribution < 1.29 is 9.47 Å². The highest BCUT2D eigenvalue weighted by Crippen LogP contribution is 2.32. The molecule has 0 atom stereocenters. The Kier molecular flexibility index (Phi) is 4.82. The van der Waals surface area contributed by atoms with E-state index in [0.29, 0.717) is 6.54 Å².